The number of allylic oxidation sites excluding steroid dienone is 2. The fraction of sp³-hybridized carbons (Fsp3) is 0.588. The maximum absolute atomic E-state index is 12.5. The van der Waals surface area contributed by atoms with Crippen LogP contribution < -0.4 is 5.32 Å². The zero-order valence-corrected chi connectivity index (χ0v) is 15.4. The first kappa shape index (κ1) is 17.7. The van der Waals surface area contributed by atoms with Gasteiger partial charge in [0.05, 0.1) is 11.8 Å². The van der Waals surface area contributed by atoms with Gasteiger partial charge in [-0.1, -0.05) is 37.3 Å². The van der Waals surface area contributed by atoms with E-state index in [0.717, 1.165) is 16.3 Å². The first-order valence-corrected chi connectivity index (χ1v) is 9.35. The largest absolute Gasteiger partial charge is 0.299 e. The Kier molecular flexibility index (Phi) is 4.99. The molecule has 0 spiro atoms. The standard InChI is InChI=1S/C17H22N4O3S/c1-9(2)8-13-19-20-17(25-13)18-14(22)10(3)21-15(23)11-6-4-5-7-12(11)16(21)24/h4-5,9-12H,6-8H2,1-3H3,(H,18,20,22)/t10-,11?,12?/m0/s1. The van der Waals surface area contributed by atoms with Crippen LogP contribution in [0.4, 0.5) is 5.13 Å². The molecule has 0 bridgehead atoms. The molecular weight excluding hydrogens is 340 g/mol. The summed E-state index contributed by atoms with van der Waals surface area (Å²) in [5.74, 6) is -1.12. The van der Waals surface area contributed by atoms with Crippen molar-refractivity contribution in [1.29, 1.82) is 0 Å². The van der Waals surface area contributed by atoms with Crippen molar-refractivity contribution in [1.82, 2.24) is 15.1 Å². The third-order valence-corrected chi connectivity index (χ3v) is 5.45. The minimum Gasteiger partial charge on any atom is -0.299 e. The van der Waals surface area contributed by atoms with E-state index in [1.165, 1.54) is 11.3 Å². The second kappa shape index (κ2) is 7.03. The summed E-state index contributed by atoms with van der Waals surface area (Å²) >= 11 is 1.32. The first-order valence-electron chi connectivity index (χ1n) is 8.53. The highest BCUT2D eigenvalue weighted by atomic mass is 32.1. The van der Waals surface area contributed by atoms with Crippen molar-refractivity contribution in [2.24, 2.45) is 17.8 Å². The van der Waals surface area contributed by atoms with Crippen LogP contribution in [0.25, 0.3) is 0 Å². The predicted octanol–water partition coefficient (Wildman–Crippen LogP) is 2.01. The fourth-order valence-corrected chi connectivity index (χ4v) is 4.23. The summed E-state index contributed by atoms with van der Waals surface area (Å²) in [4.78, 5) is 38.7. The van der Waals surface area contributed by atoms with Gasteiger partial charge in [-0.15, -0.1) is 10.2 Å². The molecule has 2 unspecified atom stereocenters. The lowest BCUT2D eigenvalue weighted by molar-refractivity contribution is -0.146. The third kappa shape index (κ3) is 3.49. The Bertz CT molecular complexity index is 701. The summed E-state index contributed by atoms with van der Waals surface area (Å²) in [6.07, 6.45) is 5.78. The molecule has 2 aliphatic rings. The Morgan fingerprint density at radius 3 is 2.36 bits per heavy atom. The highest BCUT2D eigenvalue weighted by Gasteiger charge is 2.50. The van der Waals surface area contributed by atoms with Crippen molar-refractivity contribution >= 4 is 34.2 Å². The van der Waals surface area contributed by atoms with E-state index in [4.69, 9.17) is 0 Å². The number of hydrogen-bond donors (Lipinski definition) is 1. The Labute approximate surface area is 150 Å². The number of likely N-dealkylation sites (tertiary alicyclic amines) is 1. The molecule has 3 atom stereocenters. The molecule has 3 amide bonds. The van der Waals surface area contributed by atoms with Gasteiger partial charge in [0.25, 0.3) is 0 Å². The van der Waals surface area contributed by atoms with Gasteiger partial charge in [0.2, 0.25) is 22.9 Å². The van der Waals surface area contributed by atoms with Gasteiger partial charge in [-0.3, -0.25) is 24.6 Å². The molecule has 1 fully saturated rings. The second-order valence-corrected chi connectivity index (χ2v) is 8.03. The average Bonchev–Trinajstić information content (AvgIpc) is 3.10. The smallest absolute Gasteiger partial charge is 0.249 e. The van der Waals surface area contributed by atoms with Crippen LogP contribution in [-0.2, 0) is 20.8 Å². The van der Waals surface area contributed by atoms with Crippen LogP contribution in [0.1, 0.15) is 38.6 Å². The molecule has 1 aliphatic carbocycles. The van der Waals surface area contributed by atoms with Crippen molar-refractivity contribution < 1.29 is 14.4 Å². The van der Waals surface area contributed by atoms with Crippen LogP contribution in [0.3, 0.4) is 0 Å². The summed E-state index contributed by atoms with van der Waals surface area (Å²) in [7, 11) is 0. The molecule has 1 saturated heterocycles. The molecule has 1 aromatic rings. The highest BCUT2D eigenvalue weighted by Crippen LogP contribution is 2.36. The van der Waals surface area contributed by atoms with Crippen molar-refractivity contribution in [2.45, 2.75) is 46.1 Å². The highest BCUT2D eigenvalue weighted by molar-refractivity contribution is 7.15. The zero-order valence-electron chi connectivity index (χ0n) is 14.6. The quantitative estimate of drug-likeness (QED) is 0.639. The van der Waals surface area contributed by atoms with Gasteiger partial charge >= 0.3 is 0 Å². The molecule has 1 N–H and O–H groups in total. The van der Waals surface area contributed by atoms with E-state index in [1.54, 1.807) is 6.92 Å². The number of aromatic nitrogens is 2. The number of rotatable bonds is 5. The van der Waals surface area contributed by atoms with Crippen molar-refractivity contribution in [3.63, 3.8) is 0 Å². The van der Waals surface area contributed by atoms with E-state index < -0.39 is 11.9 Å². The molecule has 134 valence electrons. The third-order valence-electron chi connectivity index (χ3n) is 4.59. The van der Waals surface area contributed by atoms with E-state index in [1.807, 2.05) is 12.2 Å². The number of carbonyl (C=O) groups excluding carboxylic acids is 3. The van der Waals surface area contributed by atoms with Gasteiger partial charge in [0.15, 0.2) is 0 Å². The molecule has 7 nitrogen and oxygen atoms in total. The molecule has 1 aromatic heterocycles. The Balaban J connectivity index is 1.67. The fourth-order valence-electron chi connectivity index (χ4n) is 3.27. The lowest BCUT2D eigenvalue weighted by Crippen LogP contribution is -2.46. The number of nitrogens with one attached hydrogen (secondary N) is 1. The second-order valence-electron chi connectivity index (χ2n) is 6.97. The van der Waals surface area contributed by atoms with Gasteiger partial charge in [-0.05, 0) is 25.7 Å². The van der Waals surface area contributed by atoms with E-state index in [-0.39, 0.29) is 23.7 Å². The maximum atomic E-state index is 12.5. The van der Waals surface area contributed by atoms with Crippen LogP contribution in [0.15, 0.2) is 12.2 Å². The molecule has 0 saturated carbocycles. The Morgan fingerprint density at radius 2 is 1.80 bits per heavy atom. The van der Waals surface area contributed by atoms with Gasteiger partial charge in [0, 0.05) is 6.42 Å². The normalized spacial score (nSPS) is 23.9. The summed E-state index contributed by atoms with van der Waals surface area (Å²) in [5.41, 5.74) is 0. The summed E-state index contributed by atoms with van der Waals surface area (Å²) in [6, 6.07) is -0.858. The predicted molar refractivity (Wildman–Crippen MR) is 93.7 cm³/mol. The van der Waals surface area contributed by atoms with Crippen LogP contribution in [0.2, 0.25) is 0 Å². The number of anilines is 1. The number of imide groups is 1. The van der Waals surface area contributed by atoms with Crippen LogP contribution >= 0.6 is 11.3 Å². The Morgan fingerprint density at radius 1 is 1.20 bits per heavy atom. The van der Waals surface area contributed by atoms with Crippen LogP contribution in [0, 0.1) is 17.8 Å². The molecule has 3 rings (SSSR count). The number of fused-ring (bicyclic) bond motifs is 1. The van der Waals surface area contributed by atoms with Gasteiger partial charge in [0.1, 0.15) is 11.0 Å². The first-order chi connectivity index (χ1) is 11.9. The maximum Gasteiger partial charge on any atom is 0.249 e. The summed E-state index contributed by atoms with van der Waals surface area (Å²) in [5, 5.41) is 11.9. The van der Waals surface area contributed by atoms with Gasteiger partial charge in [-0.25, -0.2) is 0 Å². The van der Waals surface area contributed by atoms with E-state index in [9.17, 15) is 14.4 Å². The molecule has 1 aliphatic heterocycles. The van der Waals surface area contributed by atoms with Crippen molar-refractivity contribution in [3.8, 4) is 0 Å². The van der Waals surface area contributed by atoms with E-state index in [2.05, 4.69) is 29.4 Å². The Hall–Kier alpha value is -2.09. The monoisotopic (exact) mass is 362 g/mol. The molecular formula is C17H22N4O3S. The molecule has 2 heterocycles. The molecule has 25 heavy (non-hydrogen) atoms. The van der Waals surface area contributed by atoms with Gasteiger partial charge < -0.3 is 0 Å². The molecule has 8 heteroatoms. The number of amides is 3. The summed E-state index contributed by atoms with van der Waals surface area (Å²) in [6.45, 7) is 5.74. The zero-order chi connectivity index (χ0) is 18.1. The number of hydrogen-bond acceptors (Lipinski definition) is 6. The topological polar surface area (TPSA) is 92.3 Å². The van der Waals surface area contributed by atoms with Crippen LogP contribution in [-0.4, -0.2) is 38.9 Å². The number of nitrogens with zero attached hydrogens (tertiary/aromatic N) is 3. The van der Waals surface area contributed by atoms with Gasteiger partial charge in [-0.2, -0.15) is 0 Å². The SMILES string of the molecule is CC(C)Cc1nnc(NC(=O)[C@H](C)N2C(=O)C3CC=CCC3C2=O)s1. The average molecular weight is 362 g/mol. The minimum absolute atomic E-state index is 0.250. The lowest BCUT2D eigenvalue weighted by atomic mass is 9.85. The lowest BCUT2D eigenvalue weighted by Gasteiger charge is -2.21. The number of carbonyl (C=O) groups is 3. The summed E-state index contributed by atoms with van der Waals surface area (Å²) < 4.78 is 0. The van der Waals surface area contributed by atoms with E-state index in [0.29, 0.717) is 23.9 Å². The van der Waals surface area contributed by atoms with Crippen molar-refractivity contribution in [3.05, 3.63) is 17.2 Å². The molecule has 0 aromatic carbocycles. The minimum atomic E-state index is -0.858. The van der Waals surface area contributed by atoms with E-state index >= 15 is 0 Å². The molecule has 0 radical (unpaired) electrons. The van der Waals surface area contributed by atoms with Crippen molar-refractivity contribution in [2.75, 3.05) is 5.32 Å². The van der Waals surface area contributed by atoms with Crippen LogP contribution in [0.5, 0.6) is 0 Å².